The Labute approximate surface area is 472 Å². The van der Waals surface area contributed by atoms with Crippen molar-refractivity contribution in [3.8, 4) is 33.4 Å². The molecule has 10 aromatic rings. The molecule has 0 saturated carbocycles. The maximum Gasteiger partial charge on any atom is 0.143 e. The smallest absolute Gasteiger partial charge is 0.143 e. The van der Waals surface area contributed by atoms with Crippen molar-refractivity contribution in [2.45, 2.75) is 0 Å². The molecule has 330 valence electrons. The topological polar surface area (TPSA) is 13.1 Å². The highest BCUT2D eigenvalue weighted by Crippen LogP contribution is 2.45. The molecule has 1 heterocycles. The molecule has 1 aromatic heterocycles. The quantitative estimate of drug-likeness (QED) is 0.127. The number of fused-ring (bicyclic) bond motifs is 8. The molecule has 0 saturated heterocycles. The average Bonchev–Trinajstić information content (AvgIpc) is 3.78. The van der Waals surface area contributed by atoms with Crippen LogP contribution in [-0.2, 0) is 0 Å². The van der Waals surface area contributed by atoms with Gasteiger partial charge in [-0.15, -0.1) is 60.1 Å². The Morgan fingerprint density at radius 2 is 0.333 bits per heavy atom. The standard InChI is InChI=1S/C46H56B28O/c47-17-3(9-11(26(56)37(67)36(66)24(9)54)18(48)12(17)13-27(57)39(69)43(73)40(70)28(13)58)1-4-6(21(51)34(64)32(62)19(4)49)2(7-5(1)20(50)33(63)35(65)22(7)52)8-10-15-30(60)25(55)14-16(31(61)41(71)38(68)29(14)59)45(15)75-46(10)44(74)42(72)23(8)53/h47-74H2. The minimum Gasteiger partial charge on any atom is -0.456 e. The first-order chi connectivity index (χ1) is 35.0. The second-order valence-electron chi connectivity index (χ2n) is 24.3. The summed E-state index contributed by atoms with van der Waals surface area (Å²) in [6.45, 7) is 0. The predicted octanol–water partition coefficient (Wildman–Crippen LogP) is -35.6. The molecule has 0 unspecified atom stereocenters. The van der Waals surface area contributed by atoms with Gasteiger partial charge in [-0.2, -0.15) is 0 Å². The van der Waals surface area contributed by atoms with Crippen molar-refractivity contribution in [2.75, 3.05) is 0 Å². The molecule has 0 N–H and O–H groups in total. The number of furan rings is 1. The van der Waals surface area contributed by atoms with Crippen LogP contribution in [-0.4, -0.2) is 220 Å². The number of rotatable bonds is 3. The Bertz CT molecular complexity index is 4330. The molecule has 29 heteroatoms. The first-order valence-corrected chi connectivity index (χ1v) is 27.9. The van der Waals surface area contributed by atoms with E-state index in [4.69, 9.17) is 4.42 Å². The summed E-state index contributed by atoms with van der Waals surface area (Å²) in [4.78, 5) is 0. The summed E-state index contributed by atoms with van der Waals surface area (Å²) in [5.41, 5.74) is 48.5. The van der Waals surface area contributed by atoms with Gasteiger partial charge < -0.3 is 4.42 Å². The van der Waals surface area contributed by atoms with Gasteiger partial charge in [-0.05, 0) is 71.1 Å². The summed E-state index contributed by atoms with van der Waals surface area (Å²) < 4.78 is 7.59. The molecule has 9 aromatic carbocycles. The van der Waals surface area contributed by atoms with Gasteiger partial charge in [0.25, 0.3) is 0 Å². The van der Waals surface area contributed by atoms with E-state index in [1.54, 1.807) is 0 Å². The minimum absolute atomic E-state index is 1.02. The van der Waals surface area contributed by atoms with Crippen LogP contribution >= 0.6 is 0 Å². The lowest BCUT2D eigenvalue weighted by atomic mass is 9.55. The van der Waals surface area contributed by atoms with E-state index in [1.807, 2.05) is 0 Å². The van der Waals surface area contributed by atoms with E-state index >= 15 is 0 Å². The van der Waals surface area contributed by atoms with Crippen molar-refractivity contribution in [1.29, 1.82) is 0 Å². The summed E-state index contributed by atoms with van der Waals surface area (Å²) in [5, 5.41) is 13.5. The van der Waals surface area contributed by atoms with Crippen molar-refractivity contribution in [3.63, 3.8) is 0 Å². The third-order valence-electron chi connectivity index (χ3n) is 21.8. The Morgan fingerprint density at radius 3 is 0.720 bits per heavy atom. The minimum atomic E-state index is 1.02. The Morgan fingerprint density at radius 1 is 0.120 bits per heavy atom. The van der Waals surface area contributed by atoms with Gasteiger partial charge in [0.2, 0.25) is 0 Å². The van der Waals surface area contributed by atoms with Crippen LogP contribution in [0.4, 0.5) is 0 Å². The van der Waals surface area contributed by atoms with Crippen molar-refractivity contribution < 1.29 is 4.42 Å². The van der Waals surface area contributed by atoms with Crippen LogP contribution in [0.5, 0.6) is 0 Å². The van der Waals surface area contributed by atoms with Gasteiger partial charge in [-0.1, -0.05) is 92.9 Å². The van der Waals surface area contributed by atoms with E-state index < -0.39 is 0 Å². The second kappa shape index (κ2) is 18.1. The zero-order chi connectivity index (χ0) is 55.3. The molecule has 1 nitrogen and oxygen atoms in total. The maximum absolute atomic E-state index is 7.59. The summed E-state index contributed by atoms with van der Waals surface area (Å²) in [7, 11) is 66.5. The molecule has 0 aliphatic carbocycles. The molecular weight excluding hydrogens is 871 g/mol. The molecule has 10 rings (SSSR count). The average molecular weight is 928 g/mol. The van der Waals surface area contributed by atoms with Gasteiger partial charge in [-0.25, -0.2) is 0 Å². The van der Waals surface area contributed by atoms with E-state index in [1.165, 1.54) is 240 Å². The fourth-order valence-electron chi connectivity index (χ4n) is 15.0. The third kappa shape index (κ3) is 6.85. The van der Waals surface area contributed by atoms with E-state index in [2.05, 4.69) is 220 Å². The van der Waals surface area contributed by atoms with Crippen LogP contribution in [0.2, 0.25) is 0 Å². The van der Waals surface area contributed by atoms with E-state index in [9.17, 15) is 0 Å². The zero-order valence-electron chi connectivity index (χ0n) is 51.4. The Balaban J connectivity index is 1.60. The van der Waals surface area contributed by atoms with Crippen LogP contribution in [0.25, 0.3) is 98.4 Å². The van der Waals surface area contributed by atoms with Gasteiger partial charge in [-0.3, -0.25) is 0 Å². The highest BCUT2D eigenvalue weighted by molar-refractivity contribution is 6.78. The van der Waals surface area contributed by atoms with E-state index in [0.29, 0.717) is 0 Å². The fraction of sp³-hybridized carbons (Fsp3) is 0. The van der Waals surface area contributed by atoms with Crippen molar-refractivity contribution in [1.82, 2.24) is 0 Å². The third-order valence-corrected chi connectivity index (χ3v) is 21.8. The first-order valence-electron chi connectivity index (χ1n) is 27.9. The molecule has 0 spiro atoms. The highest BCUT2D eigenvalue weighted by atomic mass is 16.3. The van der Waals surface area contributed by atoms with Crippen LogP contribution in [0, 0.1) is 0 Å². The molecular formula is C46H56B28O. The normalized spacial score (nSPS) is 11.9. The van der Waals surface area contributed by atoms with Crippen LogP contribution in [0.3, 0.4) is 0 Å². The Kier molecular flexibility index (Phi) is 13.0. The lowest BCUT2D eigenvalue weighted by Crippen LogP contribution is -2.56. The monoisotopic (exact) mass is 933 g/mol. The molecule has 0 radical (unpaired) electrons. The molecule has 0 amide bonds. The molecule has 0 bridgehead atoms. The molecule has 0 atom stereocenters. The van der Waals surface area contributed by atoms with Crippen LogP contribution < -0.4 is 153 Å². The van der Waals surface area contributed by atoms with Crippen molar-refractivity contribution in [3.05, 3.63) is 0 Å². The predicted molar refractivity (Wildman–Crippen MR) is 429 cm³/mol. The molecule has 0 aliphatic rings. The largest absolute Gasteiger partial charge is 0.456 e. The number of hydrogen-bond acceptors (Lipinski definition) is 1. The van der Waals surface area contributed by atoms with Gasteiger partial charge in [0, 0.05) is 16.2 Å². The van der Waals surface area contributed by atoms with Gasteiger partial charge in [0.1, 0.15) is 231 Å². The van der Waals surface area contributed by atoms with Crippen LogP contribution in [0.15, 0.2) is 4.42 Å². The molecule has 75 heavy (non-hydrogen) atoms. The second-order valence-corrected chi connectivity index (χ2v) is 24.3. The number of hydrogen-bond donors (Lipinski definition) is 0. The summed E-state index contributed by atoms with van der Waals surface area (Å²) in [6, 6.07) is 0. The lowest BCUT2D eigenvalue weighted by molar-refractivity contribution is 0.676. The molecule has 0 fully saturated rings. The van der Waals surface area contributed by atoms with Gasteiger partial charge in [0.15, 0.2) is 0 Å². The lowest BCUT2D eigenvalue weighted by Gasteiger charge is -2.33. The highest BCUT2D eigenvalue weighted by Gasteiger charge is 2.33. The van der Waals surface area contributed by atoms with Gasteiger partial charge >= 0.3 is 0 Å². The zero-order valence-corrected chi connectivity index (χ0v) is 51.4. The van der Waals surface area contributed by atoms with Crippen LogP contribution in [0.1, 0.15) is 0 Å². The summed E-state index contributed by atoms with van der Waals surface area (Å²) in [6.07, 6.45) is 0. The summed E-state index contributed by atoms with van der Waals surface area (Å²) >= 11 is 0. The van der Waals surface area contributed by atoms with E-state index in [-0.39, 0.29) is 0 Å². The van der Waals surface area contributed by atoms with Gasteiger partial charge in [0.05, 0.1) is 0 Å². The van der Waals surface area contributed by atoms with Crippen molar-refractivity contribution in [2.24, 2.45) is 0 Å². The van der Waals surface area contributed by atoms with E-state index in [0.717, 1.165) is 11.2 Å². The maximum atomic E-state index is 7.59. The SMILES string of the molecule is Bc1c(B)c(B)c(-c2c(B)c(-c3c4c(B)c(B)c(B)c(B)c4c(-c4c(B)c(B)c(B)c5oc6c7c(B)c(B)c(B)c(B)c7c(B)c(B)c6c45)c4c(B)c(B)c(B)c(B)c34)c3c(B)c(B)c(B)c(B)c3c2B)c(B)c1B. The first kappa shape index (κ1) is 54.0. The molecule has 0 aliphatic heterocycles. The Hall–Kier alpha value is -4.36. The fourth-order valence-corrected chi connectivity index (χ4v) is 15.0. The number of benzene rings is 9. The van der Waals surface area contributed by atoms with Crippen molar-refractivity contribution >= 4 is 438 Å². The summed E-state index contributed by atoms with van der Waals surface area (Å²) in [5.74, 6) is 0.